The van der Waals surface area contributed by atoms with Crippen molar-refractivity contribution in [3.8, 4) is 0 Å². The highest BCUT2D eigenvalue weighted by molar-refractivity contribution is 5.88. The van der Waals surface area contributed by atoms with Crippen LogP contribution in [0.15, 0.2) is 37.2 Å². The maximum absolute atomic E-state index is 10.8. The average molecular weight is 257 g/mol. The van der Waals surface area contributed by atoms with E-state index < -0.39 is 5.97 Å². The highest BCUT2D eigenvalue weighted by atomic mass is 16.4. The van der Waals surface area contributed by atoms with E-state index in [0.29, 0.717) is 12.1 Å². The van der Waals surface area contributed by atoms with Crippen molar-refractivity contribution in [2.75, 3.05) is 5.32 Å². The maximum atomic E-state index is 10.8. The number of carboxylic acids is 1. The second-order valence-corrected chi connectivity index (χ2v) is 4.20. The molecule has 5 nitrogen and oxygen atoms in total. The zero-order valence-corrected chi connectivity index (χ0v) is 10.6. The van der Waals surface area contributed by atoms with Gasteiger partial charge in [0.2, 0.25) is 0 Å². The number of hydrogen-bond donors (Lipinski definition) is 2. The van der Waals surface area contributed by atoms with Crippen LogP contribution in [0.1, 0.15) is 21.5 Å². The van der Waals surface area contributed by atoms with Crippen LogP contribution < -0.4 is 5.32 Å². The largest absolute Gasteiger partial charge is 0.478 e. The molecule has 0 radical (unpaired) electrons. The predicted molar refractivity (Wildman–Crippen MR) is 74.1 cm³/mol. The van der Waals surface area contributed by atoms with Crippen LogP contribution >= 0.6 is 0 Å². The molecule has 0 atom stereocenters. The van der Waals surface area contributed by atoms with Gasteiger partial charge in [-0.15, -0.1) is 0 Å². The predicted octanol–water partition coefficient (Wildman–Crippen LogP) is 2.60. The number of rotatable bonds is 5. The Balaban J connectivity index is 2.07. The maximum Gasteiger partial charge on any atom is 0.335 e. The van der Waals surface area contributed by atoms with Gasteiger partial charge < -0.3 is 10.4 Å². The Morgan fingerprint density at radius 1 is 1.58 bits per heavy atom. The van der Waals surface area contributed by atoms with E-state index >= 15 is 0 Å². The van der Waals surface area contributed by atoms with Gasteiger partial charge in [-0.1, -0.05) is 6.58 Å². The molecule has 98 valence electrons. The molecule has 0 amide bonds. The Kier molecular flexibility index (Phi) is 3.66. The SMILES string of the molecule is C=Cn1cc(CNc2ccc(C(=O)O)cc2C)cn1. The topological polar surface area (TPSA) is 67.2 Å². The van der Waals surface area contributed by atoms with Gasteiger partial charge in [0.1, 0.15) is 0 Å². The molecule has 0 aliphatic carbocycles. The van der Waals surface area contributed by atoms with Crippen LogP contribution in [0, 0.1) is 6.92 Å². The number of benzene rings is 1. The van der Waals surface area contributed by atoms with Crippen molar-refractivity contribution in [2.45, 2.75) is 13.5 Å². The average Bonchev–Trinajstić information content (AvgIpc) is 2.85. The van der Waals surface area contributed by atoms with E-state index in [4.69, 9.17) is 5.11 Å². The van der Waals surface area contributed by atoms with Crippen molar-refractivity contribution >= 4 is 17.9 Å². The molecule has 0 unspecified atom stereocenters. The normalized spacial score (nSPS) is 10.2. The number of nitrogens with zero attached hydrogens (tertiary/aromatic N) is 2. The molecule has 0 aliphatic rings. The number of aromatic nitrogens is 2. The van der Waals surface area contributed by atoms with Crippen molar-refractivity contribution in [1.82, 2.24) is 9.78 Å². The fraction of sp³-hybridized carbons (Fsp3) is 0.143. The molecule has 1 aromatic heterocycles. The third-order valence-electron chi connectivity index (χ3n) is 2.80. The van der Waals surface area contributed by atoms with E-state index in [1.165, 1.54) is 0 Å². The second kappa shape index (κ2) is 5.39. The van der Waals surface area contributed by atoms with Gasteiger partial charge in [0, 0.05) is 30.2 Å². The number of nitrogens with one attached hydrogen (secondary N) is 1. The summed E-state index contributed by atoms with van der Waals surface area (Å²) in [5, 5.41) is 16.2. The second-order valence-electron chi connectivity index (χ2n) is 4.20. The van der Waals surface area contributed by atoms with E-state index in [1.54, 1.807) is 35.3 Å². The zero-order chi connectivity index (χ0) is 13.8. The summed E-state index contributed by atoms with van der Waals surface area (Å²) in [4.78, 5) is 10.8. The van der Waals surface area contributed by atoms with Gasteiger partial charge in [-0.3, -0.25) is 0 Å². The molecule has 5 heteroatoms. The fourth-order valence-corrected chi connectivity index (χ4v) is 1.76. The van der Waals surface area contributed by atoms with E-state index in [2.05, 4.69) is 17.0 Å². The van der Waals surface area contributed by atoms with Crippen LogP contribution in [0.25, 0.3) is 6.20 Å². The van der Waals surface area contributed by atoms with Crippen LogP contribution in [0.3, 0.4) is 0 Å². The summed E-state index contributed by atoms with van der Waals surface area (Å²) in [6.45, 7) is 6.13. The third kappa shape index (κ3) is 3.01. The Morgan fingerprint density at radius 3 is 2.95 bits per heavy atom. The molecule has 0 saturated heterocycles. The number of carbonyl (C=O) groups is 1. The third-order valence-corrected chi connectivity index (χ3v) is 2.80. The number of anilines is 1. The van der Waals surface area contributed by atoms with Gasteiger partial charge in [0.05, 0.1) is 11.8 Å². The summed E-state index contributed by atoms with van der Waals surface area (Å²) in [7, 11) is 0. The molecule has 1 heterocycles. The smallest absolute Gasteiger partial charge is 0.335 e. The molecule has 0 fully saturated rings. The van der Waals surface area contributed by atoms with Gasteiger partial charge >= 0.3 is 5.97 Å². The molecule has 1 aromatic carbocycles. The summed E-state index contributed by atoms with van der Waals surface area (Å²) in [6, 6.07) is 5.01. The highest BCUT2D eigenvalue weighted by Crippen LogP contribution is 2.17. The first-order chi connectivity index (χ1) is 9.10. The Hall–Kier alpha value is -2.56. The van der Waals surface area contributed by atoms with Crippen molar-refractivity contribution in [2.24, 2.45) is 0 Å². The van der Waals surface area contributed by atoms with E-state index in [-0.39, 0.29) is 0 Å². The molecule has 0 bridgehead atoms. The van der Waals surface area contributed by atoms with Gasteiger partial charge in [-0.05, 0) is 30.7 Å². The first-order valence-electron chi connectivity index (χ1n) is 5.83. The Morgan fingerprint density at radius 2 is 2.37 bits per heavy atom. The van der Waals surface area contributed by atoms with E-state index in [9.17, 15) is 4.79 Å². The van der Waals surface area contributed by atoms with Crippen molar-refractivity contribution in [3.05, 3.63) is 53.9 Å². The lowest BCUT2D eigenvalue weighted by molar-refractivity contribution is 0.0697. The minimum Gasteiger partial charge on any atom is -0.478 e. The summed E-state index contributed by atoms with van der Waals surface area (Å²) in [5.74, 6) is -0.915. The monoisotopic (exact) mass is 257 g/mol. The Bertz CT molecular complexity index is 617. The molecular weight excluding hydrogens is 242 g/mol. The molecule has 19 heavy (non-hydrogen) atoms. The lowest BCUT2D eigenvalue weighted by Crippen LogP contribution is -2.02. The van der Waals surface area contributed by atoms with Gasteiger partial charge in [0.15, 0.2) is 0 Å². The lowest BCUT2D eigenvalue weighted by Gasteiger charge is -2.09. The molecule has 0 aliphatic heterocycles. The number of aryl methyl sites for hydroxylation is 1. The van der Waals surface area contributed by atoms with Gasteiger partial charge in [-0.25, -0.2) is 9.48 Å². The standard InChI is InChI=1S/C14H15N3O2/c1-3-17-9-11(8-16-17)7-15-13-5-4-12(14(18)19)6-10(13)2/h3-6,8-9,15H,1,7H2,2H3,(H,18,19). The molecule has 2 N–H and O–H groups in total. The fourth-order valence-electron chi connectivity index (χ4n) is 1.76. The van der Waals surface area contributed by atoms with Crippen LogP contribution in [0.5, 0.6) is 0 Å². The molecule has 2 rings (SSSR count). The van der Waals surface area contributed by atoms with Crippen molar-refractivity contribution in [3.63, 3.8) is 0 Å². The highest BCUT2D eigenvalue weighted by Gasteiger charge is 2.05. The first kappa shape index (κ1) is 12.9. The molecule has 2 aromatic rings. The van der Waals surface area contributed by atoms with Gasteiger partial charge in [0.25, 0.3) is 0 Å². The van der Waals surface area contributed by atoms with Crippen LogP contribution in [0.2, 0.25) is 0 Å². The van der Waals surface area contributed by atoms with Crippen LogP contribution in [-0.2, 0) is 6.54 Å². The summed E-state index contributed by atoms with van der Waals surface area (Å²) < 4.78 is 1.64. The van der Waals surface area contributed by atoms with Crippen molar-refractivity contribution < 1.29 is 9.90 Å². The number of aromatic carboxylic acids is 1. The zero-order valence-electron chi connectivity index (χ0n) is 10.6. The van der Waals surface area contributed by atoms with E-state index in [0.717, 1.165) is 16.8 Å². The molecular formula is C14H15N3O2. The molecule has 0 spiro atoms. The summed E-state index contributed by atoms with van der Waals surface area (Å²) in [6.07, 6.45) is 5.26. The minimum absolute atomic E-state index is 0.294. The Labute approximate surface area is 111 Å². The summed E-state index contributed by atoms with van der Waals surface area (Å²) >= 11 is 0. The quantitative estimate of drug-likeness (QED) is 0.864. The first-order valence-corrected chi connectivity index (χ1v) is 5.83. The summed E-state index contributed by atoms with van der Waals surface area (Å²) in [5.41, 5.74) is 3.14. The van der Waals surface area contributed by atoms with Crippen LogP contribution in [-0.4, -0.2) is 20.9 Å². The molecule has 0 saturated carbocycles. The lowest BCUT2D eigenvalue weighted by atomic mass is 10.1. The minimum atomic E-state index is -0.915. The van der Waals surface area contributed by atoms with E-state index in [1.807, 2.05) is 13.1 Å². The van der Waals surface area contributed by atoms with Gasteiger partial charge in [-0.2, -0.15) is 5.10 Å². The number of carboxylic acid groups (broad SMARTS) is 1. The van der Waals surface area contributed by atoms with Crippen LogP contribution in [0.4, 0.5) is 5.69 Å². The number of hydrogen-bond acceptors (Lipinski definition) is 3. The van der Waals surface area contributed by atoms with Crippen molar-refractivity contribution in [1.29, 1.82) is 0 Å².